The van der Waals surface area contributed by atoms with Crippen molar-refractivity contribution in [3.05, 3.63) is 0 Å². The minimum atomic E-state index is 0.277. The normalized spacial score (nSPS) is 16.5. The maximum atomic E-state index is 11.7. The van der Waals surface area contributed by atoms with Crippen LogP contribution in [0.5, 0.6) is 0 Å². The Morgan fingerprint density at radius 1 is 1.00 bits per heavy atom. The number of carbonyl (C=O) groups excluding carboxylic acids is 1. The first-order valence-electron chi connectivity index (χ1n) is 8.59. The second kappa shape index (κ2) is 11.3. The van der Waals surface area contributed by atoms with E-state index in [9.17, 15) is 4.79 Å². The standard InChI is InChI=1S/C17H33NO/c1-2-3-4-5-6-10-15-18-17(19)14-13-16-11-8-7-9-12-16/h16H,2-15H2,1H3,(H,18,19). The number of carbonyl (C=O) groups is 1. The first-order valence-corrected chi connectivity index (χ1v) is 8.59. The van der Waals surface area contributed by atoms with E-state index in [-0.39, 0.29) is 5.91 Å². The molecule has 1 amide bonds. The number of rotatable bonds is 10. The third-order valence-corrected chi connectivity index (χ3v) is 4.36. The summed E-state index contributed by atoms with van der Waals surface area (Å²) in [5.74, 6) is 1.10. The third kappa shape index (κ3) is 9.07. The second-order valence-electron chi connectivity index (χ2n) is 6.16. The average Bonchev–Trinajstić information content (AvgIpc) is 2.45. The maximum Gasteiger partial charge on any atom is 0.220 e. The van der Waals surface area contributed by atoms with Crippen molar-refractivity contribution in [1.82, 2.24) is 5.32 Å². The molecule has 1 N–H and O–H groups in total. The zero-order valence-electron chi connectivity index (χ0n) is 12.9. The van der Waals surface area contributed by atoms with Gasteiger partial charge in [-0.25, -0.2) is 0 Å². The molecule has 1 aliphatic rings. The van der Waals surface area contributed by atoms with Crippen LogP contribution in [0.4, 0.5) is 0 Å². The fourth-order valence-corrected chi connectivity index (χ4v) is 3.03. The van der Waals surface area contributed by atoms with Crippen molar-refractivity contribution in [2.24, 2.45) is 5.92 Å². The van der Waals surface area contributed by atoms with E-state index in [2.05, 4.69) is 12.2 Å². The lowest BCUT2D eigenvalue weighted by atomic mass is 9.86. The Labute approximate surface area is 119 Å². The van der Waals surface area contributed by atoms with E-state index in [0.29, 0.717) is 0 Å². The molecule has 0 saturated heterocycles. The maximum absolute atomic E-state index is 11.7. The highest BCUT2D eigenvalue weighted by Crippen LogP contribution is 2.27. The van der Waals surface area contributed by atoms with Gasteiger partial charge in [-0.3, -0.25) is 4.79 Å². The molecule has 0 aromatic carbocycles. The van der Waals surface area contributed by atoms with Crippen LogP contribution in [-0.4, -0.2) is 12.5 Å². The largest absolute Gasteiger partial charge is 0.356 e. The highest BCUT2D eigenvalue weighted by Gasteiger charge is 2.14. The number of unbranched alkanes of at least 4 members (excludes halogenated alkanes) is 5. The summed E-state index contributed by atoms with van der Waals surface area (Å²) < 4.78 is 0. The van der Waals surface area contributed by atoms with Crippen LogP contribution in [0, 0.1) is 5.92 Å². The third-order valence-electron chi connectivity index (χ3n) is 4.36. The number of amides is 1. The molecular formula is C17H33NO. The summed E-state index contributed by atoms with van der Waals surface area (Å²) in [6.45, 7) is 3.13. The van der Waals surface area contributed by atoms with Crippen LogP contribution in [0.15, 0.2) is 0 Å². The van der Waals surface area contributed by atoms with Gasteiger partial charge in [0.25, 0.3) is 0 Å². The molecule has 0 aromatic rings. The van der Waals surface area contributed by atoms with Crippen molar-refractivity contribution in [1.29, 1.82) is 0 Å². The lowest BCUT2D eigenvalue weighted by Gasteiger charge is -2.20. The Morgan fingerprint density at radius 2 is 1.68 bits per heavy atom. The molecule has 1 fully saturated rings. The van der Waals surface area contributed by atoms with E-state index in [1.807, 2.05) is 0 Å². The molecule has 0 aromatic heterocycles. The van der Waals surface area contributed by atoms with Crippen molar-refractivity contribution < 1.29 is 4.79 Å². The van der Waals surface area contributed by atoms with Crippen LogP contribution in [0.3, 0.4) is 0 Å². The number of nitrogens with one attached hydrogen (secondary N) is 1. The summed E-state index contributed by atoms with van der Waals surface area (Å²) in [7, 11) is 0. The van der Waals surface area contributed by atoms with Crippen LogP contribution in [0.25, 0.3) is 0 Å². The fourth-order valence-electron chi connectivity index (χ4n) is 3.03. The van der Waals surface area contributed by atoms with Gasteiger partial charge in [0.1, 0.15) is 0 Å². The zero-order chi connectivity index (χ0) is 13.8. The van der Waals surface area contributed by atoms with E-state index in [1.165, 1.54) is 64.2 Å². The van der Waals surface area contributed by atoms with Crippen LogP contribution in [0.1, 0.15) is 90.4 Å². The Kier molecular flexibility index (Phi) is 9.84. The topological polar surface area (TPSA) is 29.1 Å². The van der Waals surface area contributed by atoms with Crippen molar-refractivity contribution >= 4 is 5.91 Å². The average molecular weight is 267 g/mol. The monoisotopic (exact) mass is 267 g/mol. The van der Waals surface area contributed by atoms with Gasteiger partial charge in [-0.15, -0.1) is 0 Å². The molecule has 112 valence electrons. The van der Waals surface area contributed by atoms with Crippen molar-refractivity contribution in [2.45, 2.75) is 90.4 Å². The van der Waals surface area contributed by atoms with Crippen LogP contribution < -0.4 is 5.32 Å². The summed E-state index contributed by atoms with van der Waals surface area (Å²) in [6.07, 6.45) is 16.5. The summed E-state index contributed by atoms with van der Waals surface area (Å²) >= 11 is 0. The predicted octanol–water partition coefficient (Wildman–Crippen LogP) is 4.82. The smallest absolute Gasteiger partial charge is 0.220 e. The molecule has 0 aliphatic heterocycles. The summed E-state index contributed by atoms with van der Waals surface area (Å²) in [4.78, 5) is 11.7. The Hall–Kier alpha value is -0.530. The number of hydrogen-bond donors (Lipinski definition) is 1. The molecule has 2 nitrogen and oxygen atoms in total. The zero-order valence-corrected chi connectivity index (χ0v) is 12.9. The van der Waals surface area contributed by atoms with Crippen LogP contribution in [-0.2, 0) is 4.79 Å². The molecule has 1 saturated carbocycles. The van der Waals surface area contributed by atoms with Crippen molar-refractivity contribution in [2.75, 3.05) is 6.54 Å². The molecule has 0 heterocycles. The Balaban J connectivity index is 1.87. The Bertz CT molecular complexity index is 221. The van der Waals surface area contributed by atoms with Gasteiger partial charge in [0.05, 0.1) is 0 Å². The van der Waals surface area contributed by atoms with E-state index >= 15 is 0 Å². The lowest BCUT2D eigenvalue weighted by Crippen LogP contribution is -2.25. The van der Waals surface area contributed by atoms with Gasteiger partial charge in [-0.05, 0) is 18.8 Å². The first-order chi connectivity index (χ1) is 9.33. The van der Waals surface area contributed by atoms with Gasteiger partial charge >= 0.3 is 0 Å². The Morgan fingerprint density at radius 3 is 2.42 bits per heavy atom. The van der Waals surface area contributed by atoms with E-state index in [0.717, 1.165) is 31.7 Å². The molecule has 0 radical (unpaired) electrons. The highest BCUT2D eigenvalue weighted by atomic mass is 16.1. The summed E-state index contributed by atoms with van der Waals surface area (Å²) in [5, 5.41) is 3.07. The van der Waals surface area contributed by atoms with Crippen molar-refractivity contribution in [3.63, 3.8) is 0 Å². The number of hydrogen-bond acceptors (Lipinski definition) is 1. The summed E-state index contributed by atoms with van der Waals surface area (Å²) in [6, 6.07) is 0. The van der Waals surface area contributed by atoms with Gasteiger partial charge in [0.2, 0.25) is 5.91 Å². The SMILES string of the molecule is CCCCCCCCNC(=O)CCC1CCCCC1. The van der Waals surface area contributed by atoms with E-state index in [4.69, 9.17) is 0 Å². The molecule has 0 unspecified atom stereocenters. The van der Waals surface area contributed by atoms with E-state index < -0.39 is 0 Å². The minimum Gasteiger partial charge on any atom is -0.356 e. The van der Waals surface area contributed by atoms with Gasteiger partial charge in [0, 0.05) is 13.0 Å². The molecular weight excluding hydrogens is 234 g/mol. The van der Waals surface area contributed by atoms with Gasteiger partial charge < -0.3 is 5.32 Å². The fraction of sp³-hybridized carbons (Fsp3) is 0.941. The molecule has 2 heteroatoms. The van der Waals surface area contributed by atoms with Gasteiger partial charge in [-0.1, -0.05) is 71.1 Å². The molecule has 0 atom stereocenters. The van der Waals surface area contributed by atoms with Crippen LogP contribution >= 0.6 is 0 Å². The summed E-state index contributed by atoms with van der Waals surface area (Å²) in [5.41, 5.74) is 0. The first kappa shape index (κ1) is 16.5. The molecule has 19 heavy (non-hydrogen) atoms. The minimum absolute atomic E-state index is 0.277. The molecule has 1 rings (SSSR count). The molecule has 0 bridgehead atoms. The molecule has 1 aliphatic carbocycles. The van der Waals surface area contributed by atoms with Gasteiger partial charge in [0.15, 0.2) is 0 Å². The van der Waals surface area contributed by atoms with E-state index in [1.54, 1.807) is 0 Å². The predicted molar refractivity (Wildman–Crippen MR) is 82.2 cm³/mol. The van der Waals surface area contributed by atoms with Gasteiger partial charge in [-0.2, -0.15) is 0 Å². The highest BCUT2D eigenvalue weighted by molar-refractivity contribution is 5.75. The second-order valence-corrected chi connectivity index (χ2v) is 6.16. The quantitative estimate of drug-likeness (QED) is 0.565. The molecule has 0 spiro atoms. The lowest BCUT2D eigenvalue weighted by molar-refractivity contribution is -0.121. The van der Waals surface area contributed by atoms with Crippen LogP contribution in [0.2, 0.25) is 0 Å². The van der Waals surface area contributed by atoms with Crippen molar-refractivity contribution in [3.8, 4) is 0 Å².